The van der Waals surface area contributed by atoms with Crippen LogP contribution in [0, 0.1) is 13.8 Å². The first-order valence-electron chi connectivity index (χ1n) is 4.41. The minimum atomic E-state index is 0.858. The molecule has 0 aliphatic rings. The second-order valence-corrected chi connectivity index (χ2v) is 5.01. The van der Waals surface area contributed by atoms with Crippen molar-refractivity contribution in [3.8, 4) is 5.82 Å². The van der Waals surface area contributed by atoms with Crippen molar-refractivity contribution in [3.63, 3.8) is 0 Å². The van der Waals surface area contributed by atoms with Gasteiger partial charge < -0.3 is 0 Å². The quantitative estimate of drug-likeness (QED) is 0.802. The molecule has 0 aromatic carbocycles. The third-order valence-corrected chi connectivity index (χ3v) is 3.29. The van der Waals surface area contributed by atoms with Gasteiger partial charge in [-0.25, -0.2) is 9.97 Å². The summed E-state index contributed by atoms with van der Waals surface area (Å²) < 4.78 is 3.86. The minimum Gasteiger partial charge on any atom is -0.287 e. The zero-order valence-corrected chi connectivity index (χ0v) is 11.5. The molecule has 15 heavy (non-hydrogen) atoms. The largest absolute Gasteiger partial charge is 0.287 e. The Kier molecular flexibility index (Phi) is 2.93. The average Bonchev–Trinajstić information content (AvgIpc) is 2.49. The van der Waals surface area contributed by atoms with Crippen LogP contribution in [0.25, 0.3) is 5.82 Å². The van der Waals surface area contributed by atoms with Gasteiger partial charge in [-0.05, 0) is 51.8 Å². The van der Waals surface area contributed by atoms with Crippen LogP contribution in [0.2, 0.25) is 0 Å². The fourth-order valence-corrected chi connectivity index (χ4v) is 2.48. The lowest BCUT2D eigenvalue weighted by molar-refractivity contribution is 0.941. The Balaban J connectivity index is 2.59. The Labute approximate surface area is 105 Å². The molecule has 0 aliphatic heterocycles. The molecule has 0 fully saturated rings. The van der Waals surface area contributed by atoms with Crippen LogP contribution >= 0.6 is 31.9 Å². The summed E-state index contributed by atoms with van der Waals surface area (Å²) in [6.07, 6.45) is 3.56. The van der Waals surface area contributed by atoms with Crippen molar-refractivity contribution in [2.75, 3.05) is 0 Å². The van der Waals surface area contributed by atoms with Crippen molar-refractivity contribution in [2.24, 2.45) is 0 Å². The number of halogens is 2. The van der Waals surface area contributed by atoms with Crippen LogP contribution in [-0.4, -0.2) is 14.5 Å². The maximum absolute atomic E-state index is 4.35. The molecule has 2 aromatic heterocycles. The minimum absolute atomic E-state index is 0.858. The van der Waals surface area contributed by atoms with E-state index >= 15 is 0 Å². The highest BCUT2D eigenvalue weighted by molar-refractivity contribution is 9.11. The molecule has 0 aliphatic carbocycles. The maximum atomic E-state index is 4.35. The molecule has 0 spiro atoms. The van der Waals surface area contributed by atoms with Crippen molar-refractivity contribution >= 4 is 31.9 Å². The van der Waals surface area contributed by atoms with E-state index in [-0.39, 0.29) is 0 Å². The van der Waals surface area contributed by atoms with Gasteiger partial charge in [0, 0.05) is 16.4 Å². The van der Waals surface area contributed by atoms with Crippen LogP contribution in [0.5, 0.6) is 0 Å². The Morgan fingerprint density at radius 2 is 1.93 bits per heavy atom. The van der Waals surface area contributed by atoms with E-state index in [4.69, 9.17) is 0 Å². The van der Waals surface area contributed by atoms with Gasteiger partial charge in [0.15, 0.2) is 5.82 Å². The van der Waals surface area contributed by atoms with E-state index in [1.165, 1.54) is 0 Å². The van der Waals surface area contributed by atoms with E-state index in [2.05, 4.69) is 41.8 Å². The van der Waals surface area contributed by atoms with Crippen LogP contribution in [0.3, 0.4) is 0 Å². The van der Waals surface area contributed by atoms with Crippen LogP contribution < -0.4 is 0 Å². The first kappa shape index (κ1) is 10.8. The van der Waals surface area contributed by atoms with E-state index in [0.717, 1.165) is 26.2 Å². The number of rotatable bonds is 1. The van der Waals surface area contributed by atoms with Gasteiger partial charge >= 0.3 is 0 Å². The highest BCUT2D eigenvalue weighted by atomic mass is 79.9. The molecule has 0 bridgehead atoms. The molecule has 0 amide bonds. The van der Waals surface area contributed by atoms with E-state index < -0.39 is 0 Å². The van der Waals surface area contributed by atoms with Crippen molar-refractivity contribution in [1.29, 1.82) is 0 Å². The fourth-order valence-electron chi connectivity index (χ4n) is 1.30. The standard InChI is InChI=1S/C10H9Br2N3/c1-6-7(2)15(5-14-6)10-9(12)3-8(11)4-13-10/h3-5H,1-2H3. The molecular weight excluding hydrogens is 322 g/mol. The Morgan fingerprint density at radius 3 is 2.47 bits per heavy atom. The molecule has 2 rings (SSSR count). The lowest BCUT2D eigenvalue weighted by atomic mass is 10.3. The van der Waals surface area contributed by atoms with Crippen LogP contribution in [0.4, 0.5) is 0 Å². The molecule has 0 saturated heterocycles. The van der Waals surface area contributed by atoms with Crippen LogP contribution in [0.1, 0.15) is 11.4 Å². The number of hydrogen-bond acceptors (Lipinski definition) is 2. The molecule has 5 heteroatoms. The molecule has 2 heterocycles. The highest BCUT2D eigenvalue weighted by Crippen LogP contribution is 2.24. The van der Waals surface area contributed by atoms with Gasteiger partial charge in [-0.15, -0.1) is 0 Å². The van der Waals surface area contributed by atoms with Crippen molar-refractivity contribution in [2.45, 2.75) is 13.8 Å². The molecule has 78 valence electrons. The smallest absolute Gasteiger partial charge is 0.152 e. The number of hydrogen-bond donors (Lipinski definition) is 0. The molecule has 0 atom stereocenters. The van der Waals surface area contributed by atoms with Gasteiger partial charge in [-0.3, -0.25) is 4.57 Å². The monoisotopic (exact) mass is 329 g/mol. The van der Waals surface area contributed by atoms with Crippen LogP contribution in [0.15, 0.2) is 27.5 Å². The number of aryl methyl sites for hydroxylation is 1. The van der Waals surface area contributed by atoms with Crippen molar-refractivity contribution in [1.82, 2.24) is 14.5 Å². The summed E-state index contributed by atoms with van der Waals surface area (Å²) in [5, 5.41) is 0. The maximum Gasteiger partial charge on any atom is 0.152 e. The second-order valence-electron chi connectivity index (χ2n) is 3.24. The molecular formula is C10H9Br2N3. The number of aromatic nitrogens is 3. The zero-order valence-electron chi connectivity index (χ0n) is 8.33. The van der Waals surface area contributed by atoms with Gasteiger partial charge in [-0.2, -0.15) is 0 Å². The molecule has 0 N–H and O–H groups in total. The Bertz CT molecular complexity index is 505. The van der Waals surface area contributed by atoms with Crippen LogP contribution in [-0.2, 0) is 0 Å². The summed E-state index contributed by atoms with van der Waals surface area (Å²) in [4.78, 5) is 8.60. The summed E-state index contributed by atoms with van der Waals surface area (Å²) in [7, 11) is 0. The Hall–Kier alpha value is -0.680. The van der Waals surface area contributed by atoms with Gasteiger partial charge in [-0.1, -0.05) is 0 Å². The summed E-state index contributed by atoms with van der Waals surface area (Å²) in [6, 6.07) is 1.97. The molecule has 0 unspecified atom stereocenters. The van der Waals surface area contributed by atoms with E-state index in [9.17, 15) is 0 Å². The second kappa shape index (κ2) is 4.06. The normalized spacial score (nSPS) is 10.7. The SMILES string of the molecule is Cc1ncn(-c2ncc(Br)cc2Br)c1C. The predicted octanol–water partition coefficient (Wildman–Crippen LogP) is 3.41. The number of imidazole rings is 1. The number of pyridine rings is 1. The molecule has 0 radical (unpaired) electrons. The lowest BCUT2D eigenvalue weighted by Gasteiger charge is -2.06. The van der Waals surface area contributed by atoms with E-state index in [1.807, 2.05) is 24.5 Å². The molecule has 2 aromatic rings. The molecule has 0 saturated carbocycles. The van der Waals surface area contributed by atoms with Crippen molar-refractivity contribution in [3.05, 3.63) is 38.9 Å². The van der Waals surface area contributed by atoms with Gasteiger partial charge in [0.2, 0.25) is 0 Å². The average molecular weight is 331 g/mol. The third kappa shape index (κ3) is 1.99. The zero-order chi connectivity index (χ0) is 11.0. The lowest BCUT2D eigenvalue weighted by Crippen LogP contribution is -1.99. The van der Waals surface area contributed by atoms with Gasteiger partial charge in [0.1, 0.15) is 6.33 Å². The third-order valence-electron chi connectivity index (χ3n) is 2.27. The first-order valence-corrected chi connectivity index (χ1v) is 6.00. The van der Waals surface area contributed by atoms with Gasteiger partial charge in [0.05, 0.1) is 10.2 Å². The van der Waals surface area contributed by atoms with E-state index in [0.29, 0.717) is 0 Å². The molecule has 3 nitrogen and oxygen atoms in total. The topological polar surface area (TPSA) is 30.7 Å². The number of nitrogens with zero attached hydrogens (tertiary/aromatic N) is 3. The van der Waals surface area contributed by atoms with Crippen molar-refractivity contribution < 1.29 is 0 Å². The summed E-state index contributed by atoms with van der Waals surface area (Å²) in [5.41, 5.74) is 2.12. The fraction of sp³-hybridized carbons (Fsp3) is 0.200. The summed E-state index contributed by atoms with van der Waals surface area (Å²) in [5.74, 6) is 0.858. The summed E-state index contributed by atoms with van der Waals surface area (Å²) >= 11 is 6.86. The van der Waals surface area contributed by atoms with E-state index in [1.54, 1.807) is 12.5 Å². The Morgan fingerprint density at radius 1 is 1.20 bits per heavy atom. The van der Waals surface area contributed by atoms with Gasteiger partial charge in [0.25, 0.3) is 0 Å². The predicted molar refractivity (Wildman–Crippen MR) is 66.2 cm³/mol. The highest BCUT2D eigenvalue weighted by Gasteiger charge is 2.09. The summed E-state index contributed by atoms with van der Waals surface area (Å²) in [6.45, 7) is 4.01. The first-order chi connectivity index (χ1) is 7.09.